The summed E-state index contributed by atoms with van der Waals surface area (Å²) >= 11 is 0. The summed E-state index contributed by atoms with van der Waals surface area (Å²) in [4.78, 5) is 12.8. The Balaban J connectivity index is 1.60. The van der Waals surface area contributed by atoms with E-state index in [1.807, 2.05) is 38.1 Å². The van der Waals surface area contributed by atoms with Gasteiger partial charge in [0.1, 0.15) is 12.4 Å². The highest BCUT2D eigenvalue weighted by Crippen LogP contribution is 2.47. The number of benzene rings is 1. The summed E-state index contributed by atoms with van der Waals surface area (Å²) in [7, 11) is 0. The first-order valence-electron chi connectivity index (χ1n) is 8.61. The molecule has 5 nitrogen and oxygen atoms in total. The van der Waals surface area contributed by atoms with Gasteiger partial charge in [-0.3, -0.25) is 0 Å². The minimum absolute atomic E-state index is 0.00167. The number of allylic oxidation sites excluding steroid dienone is 1. The van der Waals surface area contributed by atoms with Gasteiger partial charge in [0.25, 0.3) is 0 Å². The summed E-state index contributed by atoms with van der Waals surface area (Å²) < 4.78 is 17.2. The number of carbonyl (C=O) groups is 1. The summed E-state index contributed by atoms with van der Waals surface area (Å²) in [6.07, 6.45) is 2.75. The molecule has 1 fully saturated rings. The van der Waals surface area contributed by atoms with Crippen molar-refractivity contribution in [3.63, 3.8) is 0 Å². The maximum Gasteiger partial charge on any atom is 0.336 e. The second-order valence-electron chi connectivity index (χ2n) is 7.02. The van der Waals surface area contributed by atoms with Crippen LogP contribution in [0.3, 0.4) is 0 Å². The number of para-hydroxylation sites is 1. The number of carbonyl (C=O) groups excluding carboxylic acids is 1. The van der Waals surface area contributed by atoms with Crippen LogP contribution in [0.1, 0.15) is 44.6 Å². The number of esters is 1. The smallest absolute Gasteiger partial charge is 0.336 e. The quantitative estimate of drug-likeness (QED) is 0.864. The molecule has 0 radical (unpaired) electrons. The average Bonchev–Trinajstić information content (AvgIpc) is 3.05. The highest BCUT2D eigenvalue weighted by atomic mass is 16.6. The first-order valence-corrected chi connectivity index (χ1v) is 8.61. The van der Waals surface area contributed by atoms with Crippen molar-refractivity contribution < 1.29 is 19.0 Å². The molecule has 1 saturated heterocycles. The van der Waals surface area contributed by atoms with Gasteiger partial charge in [0.15, 0.2) is 5.72 Å². The highest BCUT2D eigenvalue weighted by molar-refractivity contribution is 5.91. The molecule has 3 atom stereocenters. The van der Waals surface area contributed by atoms with E-state index in [1.165, 1.54) is 0 Å². The molecule has 24 heavy (non-hydrogen) atoms. The van der Waals surface area contributed by atoms with Crippen molar-refractivity contribution in [2.24, 2.45) is 0 Å². The lowest BCUT2D eigenvalue weighted by Crippen LogP contribution is -2.54. The van der Waals surface area contributed by atoms with Gasteiger partial charge in [-0.2, -0.15) is 0 Å². The molecule has 3 aliphatic heterocycles. The van der Waals surface area contributed by atoms with Gasteiger partial charge in [-0.1, -0.05) is 18.2 Å². The lowest BCUT2D eigenvalue weighted by molar-refractivity contribution is -0.143. The molecule has 1 aromatic rings. The average molecular weight is 329 g/mol. The molecule has 1 aromatic carbocycles. The zero-order valence-corrected chi connectivity index (χ0v) is 14.1. The fourth-order valence-corrected chi connectivity index (χ4v) is 4.02. The third-order valence-electron chi connectivity index (χ3n) is 5.07. The topological polar surface area (TPSA) is 56.8 Å². The summed E-state index contributed by atoms with van der Waals surface area (Å²) in [5.41, 5.74) is 2.11. The van der Waals surface area contributed by atoms with Crippen molar-refractivity contribution >= 4 is 5.97 Å². The number of hydrogen-bond acceptors (Lipinski definition) is 5. The zero-order chi connectivity index (χ0) is 16.7. The minimum atomic E-state index is -0.485. The molecule has 1 N–H and O–H groups in total. The van der Waals surface area contributed by atoms with Crippen LogP contribution >= 0.6 is 0 Å². The molecule has 2 bridgehead atoms. The van der Waals surface area contributed by atoms with Crippen LogP contribution in [0.4, 0.5) is 0 Å². The largest absolute Gasteiger partial charge is 0.468 e. The molecule has 0 spiro atoms. The Morgan fingerprint density at radius 2 is 2.25 bits per heavy atom. The van der Waals surface area contributed by atoms with Gasteiger partial charge in [0, 0.05) is 30.2 Å². The maximum atomic E-state index is 12.8. The molecule has 3 heterocycles. The Morgan fingerprint density at radius 3 is 3.04 bits per heavy atom. The van der Waals surface area contributed by atoms with Gasteiger partial charge >= 0.3 is 5.97 Å². The number of nitrogens with one attached hydrogen (secondary N) is 1. The number of rotatable bonds is 3. The van der Waals surface area contributed by atoms with Crippen LogP contribution in [0, 0.1) is 0 Å². The lowest BCUT2D eigenvalue weighted by Gasteiger charge is -2.45. The number of ether oxygens (including phenoxy) is 3. The number of fused-ring (bicyclic) bond motifs is 4. The normalized spacial score (nSPS) is 31.1. The van der Waals surface area contributed by atoms with E-state index in [-0.39, 0.29) is 18.0 Å². The molecule has 3 aliphatic rings. The molecule has 0 aliphatic carbocycles. The Labute approximate surface area is 142 Å². The predicted octanol–water partition coefficient (Wildman–Crippen LogP) is 2.87. The van der Waals surface area contributed by atoms with E-state index >= 15 is 0 Å². The monoisotopic (exact) mass is 329 g/mol. The van der Waals surface area contributed by atoms with E-state index < -0.39 is 5.72 Å². The number of hydrogen-bond donors (Lipinski definition) is 1. The Hall–Kier alpha value is -2.01. The molecule has 5 heteroatoms. The van der Waals surface area contributed by atoms with Crippen LogP contribution in [-0.4, -0.2) is 31.0 Å². The predicted molar refractivity (Wildman–Crippen MR) is 88.6 cm³/mol. The van der Waals surface area contributed by atoms with E-state index in [0.29, 0.717) is 18.6 Å². The molecule has 128 valence electrons. The fraction of sp³-hybridized carbons (Fsp3) is 0.526. The fourth-order valence-electron chi connectivity index (χ4n) is 4.02. The zero-order valence-electron chi connectivity index (χ0n) is 14.1. The van der Waals surface area contributed by atoms with Crippen molar-refractivity contribution in [1.29, 1.82) is 0 Å². The molecule has 0 aromatic heterocycles. The molecular weight excluding hydrogens is 306 g/mol. The van der Waals surface area contributed by atoms with Crippen LogP contribution in [-0.2, 0) is 14.3 Å². The van der Waals surface area contributed by atoms with Crippen LogP contribution in [0.25, 0.3) is 0 Å². The third kappa shape index (κ3) is 2.67. The van der Waals surface area contributed by atoms with Gasteiger partial charge in [0.05, 0.1) is 11.7 Å². The van der Waals surface area contributed by atoms with Crippen molar-refractivity contribution in [2.45, 2.75) is 50.9 Å². The summed E-state index contributed by atoms with van der Waals surface area (Å²) in [5.74, 6) is 0.582. The Morgan fingerprint density at radius 1 is 1.42 bits per heavy atom. The van der Waals surface area contributed by atoms with E-state index in [2.05, 4.69) is 5.32 Å². The second-order valence-corrected chi connectivity index (χ2v) is 7.02. The Bertz CT molecular complexity index is 692. The van der Waals surface area contributed by atoms with Crippen LogP contribution in [0.2, 0.25) is 0 Å². The van der Waals surface area contributed by atoms with Crippen LogP contribution in [0.15, 0.2) is 35.5 Å². The van der Waals surface area contributed by atoms with E-state index in [9.17, 15) is 4.79 Å². The molecular formula is C19H23NO4. The Kier molecular flexibility index (Phi) is 3.76. The van der Waals surface area contributed by atoms with E-state index in [1.54, 1.807) is 0 Å². The molecule has 0 amide bonds. The van der Waals surface area contributed by atoms with Crippen molar-refractivity contribution in [3.05, 3.63) is 41.1 Å². The first-order chi connectivity index (χ1) is 11.6. The molecule has 4 rings (SSSR count). The van der Waals surface area contributed by atoms with Gasteiger partial charge in [-0.15, -0.1) is 0 Å². The SMILES string of the molecule is CC1=C(C(=O)OCC2CCCO2)C2CC(C)(N1)Oc1ccccc12. The molecule has 0 saturated carbocycles. The van der Waals surface area contributed by atoms with Crippen molar-refractivity contribution in [1.82, 2.24) is 5.32 Å². The van der Waals surface area contributed by atoms with Gasteiger partial charge in [-0.25, -0.2) is 4.79 Å². The first kappa shape index (κ1) is 15.5. The summed E-state index contributed by atoms with van der Waals surface area (Å²) in [6, 6.07) is 7.93. The van der Waals surface area contributed by atoms with Crippen molar-refractivity contribution in [2.75, 3.05) is 13.2 Å². The lowest BCUT2D eigenvalue weighted by atomic mass is 9.78. The second kappa shape index (κ2) is 5.81. The maximum absolute atomic E-state index is 12.8. The summed E-state index contributed by atoms with van der Waals surface area (Å²) in [5, 5.41) is 3.35. The van der Waals surface area contributed by atoms with Gasteiger partial charge in [-0.05, 0) is 32.8 Å². The minimum Gasteiger partial charge on any atom is -0.468 e. The third-order valence-corrected chi connectivity index (χ3v) is 5.07. The van der Waals surface area contributed by atoms with E-state index in [0.717, 1.165) is 36.5 Å². The molecule has 3 unspecified atom stereocenters. The standard InChI is InChI=1S/C19H23NO4/c1-12-17(18(21)23-11-13-6-5-9-22-13)15-10-19(2,20-12)24-16-8-4-3-7-14(15)16/h3-4,7-8,13,15,20H,5-6,9-11H2,1-2H3. The van der Waals surface area contributed by atoms with E-state index in [4.69, 9.17) is 14.2 Å². The van der Waals surface area contributed by atoms with Crippen LogP contribution in [0.5, 0.6) is 5.75 Å². The van der Waals surface area contributed by atoms with Crippen LogP contribution < -0.4 is 10.1 Å². The van der Waals surface area contributed by atoms with Gasteiger partial charge < -0.3 is 19.5 Å². The summed E-state index contributed by atoms with van der Waals surface area (Å²) in [6.45, 7) is 5.03. The highest BCUT2D eigenvalue weighted by Gasteiger charge is 2.45. The van der Waals surface area contributed by atoms with Crippen molar-refractivity contribution in [3.8, 4) is 5.75 Å². The van der Waals surface area contributed by atoms with Gasteiger partial charge in [0.2, 0.25) is 0 Å².